The molecule has 1 aromatic carbocycles. The fourth-order valence-corrected chi connectivity index (χ4v) is 3.83. The van der Waals surface area contributed by atoms with E-state index in [4.69, 9.17) is 44.3 Å². The zero-order valence-electron chi connectivity index (χ0n) is 13.8. The first-order chi connectivity index (χ1) is 12.5. The van der Waals surface area contributed by atoms with Crippen LogP contribution in [0.25, 0.3) is 27.7 Å². The molecule has 0 N–H and O–H groups in total. The molecule has 0 atom stereocenters. The number of aromatic nitrogens is 3. The first-order valence-electron chi connectivity index (χ1n) is 7.56. The average molecular weight is 409 g/mol. The standard InChI is InChI=1S/C18H12Cl3N3O2/c1-25-12-7-13(26-2)17(21)15(16(12)20)10-5-9-8-23-14(19)6-11(9)24-4-3-22-18(10)24/h3-8H,1-2H3. The van der Waals surface area contributed by atoms with Crippen molar-refractivity contribution in [3.8, 4) is 22.6 Å². The van der Waals surface area contributed by atoms with E-state index in [0.717, 1.165) is 16.5 Å². The average Bonchev–Trinajstić information content (AvgIpc) is 3.12. The van der Waals surface area contributed by atoms with Crippen LogP contribution in [0.5, 0.6) is 11.5 Å². The molecule has 3 heterocycles. The summed E-state index contributed by atoms with van der Waals surface area (Å²) in [6.45, 7) is 0. The molecule has 0 amide bonds. The third kappa shape index (κ3) is 2.55. The largest absolute Gasteiger partial charge is 0.495 e. The van der Waals surface area contributed by atoms with Gasteiger partial charge < -0.3 is 9.47 Å². The van der Waals surface area contributed by atoms with Crippen molar-refractivity contribution in [3.63, 3.8) is 0 Å². The summed E-state index contributed by atoms with van der Waals surface area (Å²) in [6, 6.07) is 5.36. The van der Waals surface area contributed by atoms with Crippen LogP contribution < -0.4 is 9.47 Å². The molecule has 0 spiro atoms. The summed E-state index contributed by atoms with van der Waals surface area (Å²) in [7, 11) is 3.07. The minimum absolute atomic E-state index is 0.379. The maximum atomic E-state index is 6.58. The number of nitrogens with zero attached hydrogens (tertiary/aromatic N) is 3. The van der Waals surface area contributed by atoms with Gasteiger partial charge in [0, 0.05) is 47.2 Å². The van der Waals surface area contributed by atoms with Gasteiger partial charge in [0.15, 0.2) is 0 Å². The summed E-state index contributed by atoms with van der Waals surface area (Å²) >= 11 is 19.2. The number of ether oxygens (including phenoxy) is 2. The lowest BCUT2D eigenvalue weighted by molar-refractivity contribution is 0.395. The van der Waals surface area contributed by atoms with E-state index in [9.17, 15) is 0 Å². The topological polar surface area (TPSA) is 48.7 Å². The Hall–Kier alpha value is -2.21. The number of methoxy groups -OCH3 is 2. The lowest BCUT2D eigenvalue weighted by atomic mass is 10.0. The fraction of sp³-hybridized carbons (Fsp3) is 0.111. The first kappa shape index (κ1) is 17.2. The number of pyridine rings is 2. The van der Waals surface area contributed by atoms with Gasteiger partial charge in [-0.1, -0.05) is 34.8 Å². The number of benzene rings is 1. The zero-order chi connectivity index (χ0) is 18.4. The molecule has 0 fully saturated rings. The van der Waals surface area contributed by atoms with Crippen molar-refractivity contribution in [1.82, 2.24) is 14.4 Å². The molecule has 8 heteroatoms. The molecule has 132 valence electrons. The van der Waals surface area contributed by atoms with Crippen LogP contribution in [0.3, 0.4) is 0 Å². The van der Waals surface area contributed by atoms with Crippen LogP contribution in [0.2, 0.25) is 15.2 Å². The van der Waals surface area contributed by atoms with Crippen LogP contribution in [0.15, 0.2) is 36.8 Å². The number of rotatable bonds is 3. The van der Waals surface area contributed by atoms with E-state index in [1.165, 1.54) is 14.2 Å². The highest BCUT2D eigenvalue weighted by Crippen LogP contribution is 2.47. The van der Waals surface area contributed by atoms with Crippen molar-refractivity contribution < 1.29 is 9.47 Å². The van der Waals surface area contributed by atoms with E-state index >= 15 is 0 Å². The molecule has 0 bridgehead atoms. The number of halogens is 3. The molecule has 4 aromatic rings. The highest BCUT2D eigenvalue weighted by molar-refractivity contribution is 6.41. The normalized spacial score (nSPS) is 11.3. The van der Waals surface area contributed by atoms with Gasteiger partial charge in [0.05, 0.1) is 29.8 Å². The second-order valence-electron chi connectivity index (χ2n) is 5.53. The van der Waals surface area contributed by atoms with E-state index in [-0.39, 0.29) is 0 Å². The van der Waals surface area contributed by atoms with Gasteiger partial charge in [-0.3, -0.25) is 4.40 Å². The predicted octanol–water partition coefficient (Wildman–Crippen LogP) is 5.53. The predicted molar refractivity (Wildman–Crippen MR) is 104 cm³/mol. The summed E-state index contributed by atoms with van der Waals surface area (Å²) in [4.78, 5) is 8.63. The number of hydrogen-bond acceptors (Lipinski definition) is 4. The minimum Gasteiger partial charge on any atom is -0.495 e. The van der Waals surface area contributed by atoms with Crippen molar-refractivity contribution in [2.75, 3.05) is 14.2 Å². The van der Waals surface area contributed by atoms with Crippen LogP contribution in [0.4, 0.5) is 0 Å². The lowest BCUT2D eigenvalue weighted by Gasteiger charge is -2.16. The highest BCUT2D eigenvalue weighted by Gasteiger charge is 2.22. The second-order valence-corrected chi connectivity index (χ2v) is 6.67. The van der Waals surface area contributed by atoms with Gasteiger partial charge in [0.1, 0.15) is 22.3 Å². The first-order valence-corrected chi connectivity index (χ1v) is 8.70. The van der Waals surface area contributed by atoms with Gasteiger partial charge in [-0.25, -0.2) is 9.97 Å². The number of hydrogen-bond donors (Lipinski definition) is 0. The van der Waals surface area contributed by atoms with Crippen LogP contribution in [0, 0.1) is 0 Å². The molecule has 0 saturated carbocycles. The van der Waals surface area contributed by atoms with Crippen molar-refractivity contribution in [3.05, 3.63) is 52.0 Å². The van der Waals surface area contributed by atoms with Crippen molar-refractivity contribution in [2.45, 2.75) is 0 Å². The molecule has 0 radical (unpaired) electrons. The van der Waals surface area contributed by atoms with Gasteiger partial charge >= 0.3 is 0 Å². The molecule has 5 nitrogen and oxygen atoms in total. The minimum atomic E-state index is 0.379. The van der Waals surface area contributed by atoms with Crippen molar-refractivity contribution in [2.24, 2.45) is 0 Å². The molecule has 0 saturated heterocycles. The number of imidazole rings is 1. The van der Waals surface area contributed by atoms with Crippen molar-refractivity contribution in [1.29, 1.82) is 0 Å². The molecule has 4 rings (SSSR count). The van der Waals surface area contributed by atoms with Gasteiger partial charge in [-0.05, 0) is 6.07 Å². The Labute approximate surface area is 164 Å². The second kappa shape index (κ2) is 6.50. The van der Waals surface area contributed by atoms with Gasteiger partial charge in [-0.2, -0.15) is 0 Å². The van der Waals surface area contributed by atoms with Gasteiger partial charge in [0.2, 0.25) is 0 Å². The fourth-order valence-electron chi connectivity index (χ4n) is 2.97. The van der Waals surface area contributed by atoms with Crippen molar-refractivity contribution >= 4 is 51.4 Å². The van der Waals surface area contributed by atoms with Crippen LogP contribution in [-0.4, -0.2) is 28.6 Å². The van der Waals surface area contributed by atoms with Gasteiger partial charge in [0.25, 0.3) is 0 Å². The number of fused-ring (bicyclic) bond motifs is 3. The molecule has 3 aromatic heterocycles. The Morgan fingerprint density at radius 1 is 0.923 bits per heavy atom. The Bertz CT molecular complexity index is 1130. The van der Waals surface area contributed by atoms with E-state index < -0.39 is 0 Å². The third-order valence-corrected chi connectivity index (χ3v) is 5.12. The van der Waals surface area contributed by atoms with Crippen LogP contribution in [-0.2, 0) is 0 Å². The molecular formula is C18H12Cl3N3O2. The summed E-state index contributed by atoms with van der Waals surface area (Å²) in [6.07, 6.45) is 5.24. The monoisotopic (exact) mass is 407 g/mol. The Morgan fingerprint density at radius 3 is 2.27 bits per heavy atom. The molecular weight excluding hydrogens is 397 g/mol. The maximum Gasteiger partial charge on any atom is 0.145 e. The van der Waals surface area contributed by atoms with E-state index in [0.29, 0.717) is 37.9 Å². The van der Waals surface area contributed by atoms with Crippen LogP contribution in [0.1, 0.15) is 0 Å². The summed E-state index contributed by atoms with van der Waals surface area (Å²) < 4.78 is 12.7. The molecule has 0 aliphatic heterocycles. The van der Waals surface area contributed by atoms with Crippen LogP contribution >= 0.6 is 34.8 Å². The maximum absolute atomic E-state index is 6.58. The van der Waals surface area contributed by atoms with E-state index in [1.54, 1.807) is 24.5 Å². The quantitative estimate of drug-likeness (QED) is 0.418. The van der Waals surface area contributed by atoms with E-state index in [1.807, 2.05) is 16.7 Å². The summed E-state index contributed by atoms with van der Waals surface area (Å²) in [5, 5.41) is 2.03. The zero-order valence-corrected chi connectivity index (χ0v) is 16.0. The third-order valence-electron chi connectivity index (χ3n) is 4.16. The highest BCUT2D eigenvalue weighted by atomic mass is 35.5. The molecule has 26 heavy (non-hydrogen) atoms. The Morgan fingerprint density at radius 2 is 1.62 bits per heavy atom. The Kier molecular flexibility index (Phi) is 4.31. The molecule has 0 aliphatic carbocycles. The Balaban J connectivity index is 2.15. The lowest BCUT2D eigenvalue weighted by Crippen LogP contribution is -1.97. The SMILES string of the molecule is COc1cc(OC)c(Cl)c(-c2cc3cnc(Cl)cc3n3ccnc23)c1Cl. The summed E-state index contributed by atoms with van der Waals surface area (Å²) in [5.41, 5.74) is 2.87. The smallest absolute Gasteiger partial charge is 0.145 e. The van der Waals surface area contributed by atoms with Gasteiger partial charge in [-0.15, -0.1) is 0 Å². The summed E-state index contributed by atoms with van der Waals surface area (Å²) in [5.74, 6) is 0.920. The van der Waals surface area contributed by atoms with E-state index in [2.05, 4.69) is 9.97 Å². The molecule has 0 aliphatic rings. The molecule has 0 unspecified atom stereocenters.